The first-order chi connectivity index (χ1) is 9.72. The molecule has 0 unspecified atom stereocenters. The Hall–Kier alpha value is -2.36. The third kappa shape index (κ3) is 3.35. The van der Waals surface area contributed by atoms with Crippen LogP contribution < -0.4 is 4.74 Å². The number of aromatic nitrogens is 1. The second-order valence-electron chi connectivity index (χ2n) is 4.45. The van der Waals surface area contributed by atoms with Crippen LogP contribution in [0.2, 0.25) is 0 Å². The molecule has 4 heteroatoms. The third-order valence-electron chi connectivity index (χ3n) is 2.91. The molecule has 0 N–H and O–H groups in total. The van der Waals surface area contributed by atoms with Crippen LogP contribution in [0.5, 0.6) is 5.75 Å². The number of benzene rings is 1. The number of amides is 1. The number of nitrogens with zero attached hydrogens (tertiary/aromatic N) is 2. The molecule has 0 fully saturated rings. The van der Waals surface area contributed by atoms with Gasteiger partial charge in [0.1, 0.15) is 5.75 Å². The van der Waals surface area contributed by atoms with E-state index in [1.807, 2.05) is 37.3 Å². The van der Waals surface area contributed by atoms with Gasteiger partial charge in [0.05, 0.1) is 12.2 Å². The Morgan fingerprint density at radius 1 is 1.25 bits per heavy atom. The minimum atomic E-state index is -0.0575. The van der Waals surface area contributed by atoms with Crippen LogP contribution in [0.25, 0.3) is 0 Å². The fourth-order valence-electron chi connectivity index (χ4n) is 1.97. The second kappa shape index (κ2) is 6.70. The smallest absolute Gasteiger partial charge is 0.257 e. The maximum Gasteiger partial charge on any atom is 0.257 e. The molecule has 0 atom stereocenters. The molecule has 0 radical (unpaired) electrons. The lowest BCUT2D eigenvalue weighted by Crippen LogP contribution is -2.26. The van der Waals surface area contributed by atoms with Gasteiger partial charge in [-0.25, -0.2) is 0 Å². The zero-order valence-corrected chi connectivity index (χ0v) is 11.7. The van der Waals surface area contributed by atoms with Crippen LogP contribution in [0.15, 0.2) is 48.8 Å². The molecule has 0 aliphatic carbocycles. The molecule has 1 heterocycles. The van der Waals surface area contributed by atoms with Gasteiger partial charge in [0.2, 0.25) is 0 Å². The summed E-state index contributed by atoms with van der Waals surface area (Å²) in [6.45, 7) is 2.96. The van der Waals surface area contributed by atoms with Crippen molar-refractivity contribution in [3.05, 3.63) is 59.9 Å². The van der Waals surface area contributed by atoms with Gasteiger partial charge in [0, 0.05) is 26.0 Å². The van der Waals surface area contributed by atoms with E-state index >= 15 is 0 Å². The summed E-state index contributed by atoms with van der Waals surface area (Å²) in [7, 11) is 1.78. The quantitative estimate of drug-likeness (QED) is 0.839. The van der Waals surface area contributed by atoms with E-state index in [0.29, 0.717) is 24.5 Å². The first-order valence-electron chi connectivity index (χ1n) is 6.58. The van der Waals surface area contributed by atoms with Gasteiger partial charge in [-0.15, -0.1) is 0 Å². The summed E-state index contributed by atoms with van der Waals surface area (Å²) in [4.78, 5) is 18.2. The van der Waals surface area contributed by atoms with Crippen LogP contribution in [0.3, 0.4) is 0 Å². The van der Waals surface area contributed by atoms with Crippen LogP contribution in [0.1, 0.15) is 22.8 Å². The van der Waals surface area contributed by atoms with E-state index in [1.165, 1.54) is 0 Å². The van der Waals surface area contributed by atoms with Gasteiger partial charge in [0.15, 0.2) is 0 Å². The summed E-state index contributed by atoms with van der Waals surface area (Å²) >= 11 is 0. The molecule has 2 rings (SSSR count). The average Bonchev–Trinajstić information content (AvgIpc) is 2.48. The average molecular weight is 270 g/mol. The van der Waals surface area contributed by atoms with Gasteiger partial charge in [0.25, 0.3) is 5.91 Å². The minimum Gasteiger partial charge on any atom is -0.493 e. The van der Waals surface area contributed by atoms with Gasteiger partial charge in [-0.1, -0.05) is 18.2 Å². The number of hydrogen-bond acceptors (Lipinski definition) is 3. The van der Waals surface area contributed by atoms with Crippen LogP contribution in [-0.4, -0.2) is 29.4 Å². The highest BCUT2D eigenvalue weighted by Crippen LogP contribution is 2.20. The van der Waals surface area contributed by atoms with Crippen molar-refractivity contribution < 1.29 is 9.53 Å². The number of carbonyl (C=O) groups excluding carboxylic acids is 1. The number of hydrogen-bond donors (Lipinski definition) is 0. The third-order valence-corrected chi connectivity index (χ3v) is 2.91. The molecule has 0 bridgehead atoms. The molecule has 0 aliphatic heterocycles. The Bertz CT molecular complexity index is 570. The van der Waals surface area contributed by atoms with Gasteiger partial charge in [-0.05, 0) is 30.7 Å². The largest absolute Gasteiger partial charge is 0.493 e. The molecule has 0 saturated heterocycles. The van der Waals surface area contributed by atoms with Crippen molar-refractivity contribution in [3.8, 4) is 5.75 Å². The van der Waals surface area contributed by atoms with E-state index in [-0.39, 0.29) is 5.91 Å². The minimum absolute atomic E-state index is 0.0575. The zero-order chi connectivity index (χ0) is 14.4. The fraction of sp³-hybridized carbons (Fsp3) is 0.250. The maximum absolute atomic E-state index is 12.5. The number of pyridine rings is 1. The fourth-order valence-corrected chi connectivity index (χ4v) is 1.97. The van der Waals surface area contributed by atoms with E-state index in [1.54, 1.807) is 30.4 Å². The predicted molar refractivity (Wildman–Crippen MR) is 77.6 cm³/mol. The SMILES string of the molecule is CCOc1ccccc1C(=O)N(C)Cc1cccnc1. The van der Waals surface area contributed by atoms with Crippen molar-refractivity contribution in [1.82, 2.24) is 9.88 Å². The molecule has 0 saturated carbocycles. The van der Waals surface area contributed by atoms with E-state index < -0.39 is 0 Å². The summed E-state index contributed by atoms with van der Waals surface area (Å²) in [6, 6.07) is 11.1. The monoisotopic (exact) mass is 270 g/mol. The van der Waals surface area contributed by atoms with E-state index in [2.05, 4.69) is 4.98 Å². The van der Waals surface area contributed by atoms with Crippen molar-refractivity contribution in [2.75, 3.05) is 13.7 Å². The van der Waals surface area contributed by atoms with Crippen LogP contribution in [0, 0.1) is 0 Å². The van der Waals surface area contributed by atoms with Crippen molar-refractivity contribution in [2.24, 2.45) is 0 Å². The normalized spacial score (nSPS) is 10.1. The molecule has 20 heavy (non-hydrogen) atoms. The van der Waals surface area contributed by atoms with Gasteiger partial charge < -0.3 is 9.64 Å². The van der Waals surface area contributed by atoms with Crippen molar-refractivity contribution >= 4 is 5.91 Å². The second-order valence-corrected chi connectivity index (χ2v) is 4.45. The Morgan fingerprint density at radius 2 is 2.05 bits per heavy atom. The highest BCUT2D eigenvalue weighted by atomic mass is 16.5. The topological polar surface area (TPSA) is 42.4 Å². The first-order valence-corrected chi connectivity index (χ1v) is 6.58. The van der Waals surface area contributed by atoms with Crippen LogP contribution in [0.4, 0.5) is 0 Å². The summed E-state index contributed by atoms with van der Waals surface area (Å²) in [5, 5.41) is 0. The lowest BCUT2D eigenvalue weighted by Gasteiger charge is -2.18. The number of carbonyl (C=O) groups is 1. The van der Waals surface area contributed by atoms with E-state index in [0.717, 1.165) is 5.56 Å². The summed E-state index contributed by atoms with van der Waals surface area (Å²) in [6.07, 6.45) is 3.48. The zero-order valence-electron chi connectivity index (χ0n) is 11.7. The van der Waals surface area contributed by atoms with Gasteiger partial charge in [-0.2, -0.15) is 0 Å². The molecular weight excluding hydrogens is 252 g/mol. The predicted octanol–water partition coefficient (Wildman–Crippen LogP) is 2.75. The van der Waals surface area contributed by atoms with Crippen molar-refractivity contribution in [1.29, 1.82) is 0 Å². The first kappa shape index (κ1) is 14.1. The molecular formula is C16H18N2O2. The maximum atomic E-state index is 12.5. The molecule has 0 aliphatic rings. The molecule has 4 nitrogen and oxygen atoms in total. The lowest BCUT2D eigenvalue weighted by atomic mass is 10.1. The summed E-state index contributed by atoms with van der Waals surface area (Å²) in [5.74, 6) is 0.566. The standard InChI is InChI=1S/C16H18N2O2/c1-3-20-15-9-5-4-8-14(15)16(19)18(2)12-13-7-6-10-17-11-13/h4-11H,3,12H2,1-2H3. The van der Waals surface area contributed by atoms with Crippen LogP contribution in [-0.2, 0) is 6.54 Å². The Kier molecular flexibility index (Phi) is 4.71. The molecule has 104 valence electrons. The van der Waals surface area contributed by atoms with Crippen molar-refractivity contribution in [3.63, 3.8) is 0 Å². The number of ether oxygens (including phenoxy) is 1. The molecule has 1 amide bonds. The number of para-hydroxylation sites is 1. The summed E-state index contributed by atoms with van der Waals surface area (Å²) < 4.78 is 5.50. The van der Waals surface area contributed by atoms with Crippen LogP contribution >= 0.6 is 0 Å². The molecule has 1 aromatic carbocycles. The van der Waals surface area contributed by atoms with Crippen molar-refractivity contribution in [2.45, 2.75) is 13.5 Å². The highest BCUT2D eigenvalue weighted by molar-refractivity contribution is 5.96. The Labute approximate surface area is 119 Å². The van der Waals surface area contributed by atoms with Gasteiger partial charge in [-0.3, -0.25) is 9.78 Å². The summed E-state index contributed by atoms with van der Waals surface area (Å²) in [5.41, 5.74) is 1.58. The number of rotatable bonds is 5. The van der Waals surface area contributed by atoms with Gasteiger partial charge >= 0.3 is 0 Å². The Balaban J connectivity index is 2.14. The Morgan fingerprint density at radius 3 is 2.75 bits per heavy atom. The van der Waals surface area contributed by atoms with E-state index in [9.17, 15) is 4.79 Å². The molecule has 1 aromatic heterocycles. The molecule has 2 aromatic rings. The highest BCUT2D eigenvalue weighted by Gasteiger charge is 2.16. The molecule has 0 spiro atoms. The van der Waals surface area contributed by atoms with E-state index in [4.69, 9.17) is 4.74 Å². The lowest BCUT2D eigenvalue weighted by molar-refractivity contribution is 0.0781.